The lowest BCUT2D eigenvalue weighted by Gasteiger charge is -2.28. The van der Waals surface area contributed by atoms with Crippen molar-refractivity contribution >= 4 is 0 Å². The van der Waals surface area contributed by atoms with E-state index in [9.17, 15) is 5.11 Å². The van der Waals surface area contributed by atoms with E-state index in [1.165, 1.54) is 0 Å². The second-order valence-corrected chi connectivity index (χ2v) is 5.58. The smallest absolute Gasteiger partial charge is 0.0791 e. The molecule has 2 fully saturated rings. The number of nitrogens with one attached hydrogen (secondary N) is 1. The maximum atomic E-state index is 9.98. The monoisotopic (exact) mass is 287 g/mol. The highest BCUT2D eigenvalue weighted by Crippen LogP contribution is 1.99. The number of β-amino-alcohol motifs (C(OH)–C–C–N with tert-alkyl or cyclic N) is 1. The Hall–Kier alpha value is -0.240. The van der Waals surface area contributed by atoms with Crippen LogP contribution in [-0.4, -0.2) is 99.8 Å². The largest absolute Gasteiger partial charge is 0.390 e. The molecule has 0 bridgehead atoms. The van der Waals surface area contributed by atoms with Crippen LogP contribution in [-0.2, 0) is 9.47 Å². The highest BCUT2D eigenvalue weighted by Gasteiger charge is 2.14. The fraction of sp³-hybridized carbons (Fsp3) is 1.00. The minimum Gasteiger partial charge on any atom is -0.390 e. The molecule has 0 aromatic heterocycles. The van der Waals surface area contributed by atoms with Gasteiger partial charge in [0, 0.05) is 39.3 Å². The van der Waals surface area contributed by atoms with Gasteiger partial charge in [-0.15, -0.1) is 0 Å². The summed E-state index contributed by atoms with van der Waals surface area (Å²) in [5.41, 5.74) is 0. The van der Waals surface area contributed by atoms with Crippen molar-refractivity contribution in [3.05, 3.63) is 0 Å². The van der Waals surface area contributed by atoms with Crippen LogP contribution in [0.3, 0.4) is 0 Å². The number of rotatable bonds is 8. The molecule has 0 aliphatic carbocycles. The molecule has 0 radical (unpaired) electrons. The van der Waals surface area contributed by atoms with Gasteiger partial charge in [-0.25, -0.2) is 0 Å². The first-order valence-corrected chi connectivity index (χ1v) is 7.83. The molecule has 0 saturated carbocycles. The molecule has 0 amide bonds. The molecule has 2 heterocycles. The van der Waals surface area contributed by atoms with E-state index in [-0.39, 0.29) is 6.10 Å². The summed E-state index contributed by atoms with van der Waals surface area (Å²) in [6, 6.07) is 0. The lowest BCUT2D eigenvalue weighted by molar-refractivity contribution is 0.0148. The standard InChI is InChI=1S/C14H29N3O3/c18-14(13-17-6-10-20-11-7-17)12-15-2-1-3-16-4-8-19-9-5-16/h14-15,18H,1-13H2. The van der Waals surface area contributed by atoms with Gasteiger partial charge in [0.1, 0.15) is 0 Å². The highest BCUT2D eigenvalue weighted by molar-refractivity contribution is 4.69. The van der Waals surface area contributed by atoms with Crippen LogP contribution in [0.15, 0.2) is 0 Å². The summed E-state index contributed by atoms with van der Waals surface area (Å²) in [6.45, 7) is 10.8. The van der Waals surface area contributed by atoms with Gasteiger partial charge in [-0.2, -0.15) is 0 Å². The topological polar surface area (TPSA) is 57.2 Å². The van der Waals surface area contributed by atoms with Crippen molar-refractivity contribution in [1.29, 1.82) is 0 Å². The number of hydrogen-bond acceptors (Lipinski definition) is 6. The normalized spacial score (nSPS) is 23.9. The maximum Gasteiger partial charge on any atom is 0.0791 e. The van der Waals surface area contributed by atoms with E-state index in [0.717, 1.165) is 78.7 Å². The summed E-state index contributed by atoms with van der Waals surface area (Å²) >= 11 is 0. The number of aliphatic hydroxyl groups excluding tert-OH is 1. The van der Waals surface area contributed by atoms with E-state index >= 15 is 0 Å². The molecule has 2 N–H and O–H groups in total. The number of nitrogens with zero attached hydrogens (tertiary/aromatic N) is 2. The van der Waals surface area contributed by atoms with Crippen LogP contribution in [0.2, 0.25) is 0 Å². The van der Waals surface area contributed by atoms with Crippen LogP contribution in [0.1, 0.15) is 6.42 Å². The van der Waals surface area contributed by atoms with Gasteiger partial charge in [0.05, 0.1) is 32.5 Å². The first kappa shape index (κ1) is 16.1. The number of hydrogen-bond donors (Lipinski definition) is 2. The molecule has 0 aromatic carbocycles. The Morgan fingerprint density at radius 2 is 1.55 bits per heavy atom. The first-order chi connectivity index (χ1) is 9.84. The molecule has 20 heavy (non-hydrogen) atoms. The zero-order valence-electron chi connectivity index (χ0n) is 12.4. The van der Waals surface area contributed by atoms with Crippen molar-refractivity contribution in [2.75, 3.05) is 78.8 Å². The molecule has 1 unspecified atom stereocenters. The van der Waals surface area contributed by atoms with Gasteiger partial charge >= 0.3 is 0 Å². The van der Waals surface area contributed by atoms with Crippen molar-refractivity contribution in [3.8, 4) is 0 Å². The van der Waals surface area contributed by atoms with Crippen LogP contribution in [0.5, 0.6) is 0 Å². The van der Waals surface area contributed by atoms with Gasteiger partial charge in [0.2, 0.25) is 0 Å². The first-order valence-electron chi connectivity index (χ1n) is 7.83. The summed E-state index contributed by atoms with van der Waals surface area (Å²) in [5, 5.41) is 13.3. The predicted molar refractivity (Wildman–Crippen MR) is 78.0 cm³/mol. The number of ether oxygens (including phenoxy) is 2. The molecule has 118 valence electrons. The number of aliphatic hydroxyl groups is 1. The minimum atomic E-state index is -0.281. The molecule has 0 aromatic rings. The lowest BCUT2D eigenvalue weighted by Crippen LogP contribution is -2.44. The molecular formula is C14H29N3O3. The zero-order valence-corrected chi connectivity index (χ0v) is 12.4. The second-order valence-electron chi connectivity index (χ2n) is 5.58. The van der Waals surface area contributed by atoms with E-state index in [1.807, 2.05) is 0 Å². The Morgan fingerprint density at radius 3 is 2.20 bits per heavy atom. The van der Waals surface area contributed by atoms with Gasteiger partial charge in [0.25, 0.3) is 0 Å². The number of morpholine rings is 2. The van der Waals surface area contributed by atoms with E-state index in [0.29, 0.717) is 6.54 Å². The van der Waals surface area contributed by atoms with Gasteiger partial charge in [-0.3, -0.25) is 9.80 Å². The van der Waals surface area contributed by atoms with Crippen molar-refractivity contribution < 1.29 is 14.6 Å². The average molecular weight is 287 g/mol. The second kappa shape index (κ2) is 9.65. The Kier molecular flexibility index (Phi) is 7.79. The molecule has 6 heteroatoms. The summed E-state index contributed by atoms with van der Waals surface area (Å²) < 4.78 is 10.6. The van der Waals surface area contributed by atoms with Gasteiger partial charge in [-0.05, 0) is 19.5 Å². The van der Waals surface area contributed by atoms with E-state index in [2.05, 4.69) is 15.1 Å². The molecule has 2 aliphatic rings. The van der Waals surface area contributed by atoms with Crippen molar-refractivity contribution in [1.82, 2.24) is 15.1 Å². The summed E-state index contributed by atoms with van der Waals surface area (Å²) in [4.78, 5) is 4.71. The van der Waals surface area contributed by atoms with E-state index in [1.54, 1.807) is 0 Å². The van der Waals surface area contributed by atoms with Crippen molar-refractivity contribution in [3.63, 3.8) is 0 Å². The van der Waals surface area contributed by atoms with E-state index in [4.69, 9.17) is 9.47 Å². The SMILES string of the molecule is OC(CNCCCN1CCOCC1)CN1CCOCC1. The molecule has 2 saturated heterocycles. The highest BCUT2D eigenvalue weighted by atomic mass is 16.5. The Morgan fingerprint density at radius 1 is 0.950 bits per heavy atom. The third kappa shape index (κ3) is 6.47. The van der Waals surface area contributed by atoms with Gasteiger partial charge in [0.15, 0.2) is 0 Å². The summed E-state index contributed by atoms with van der Waals surface area (Å²) in [7, 11) is 0. The van der Waals surface area contributed by atoms with Crippen LogP contribution in [0.25, 0.3) is 0 Å². The van der Waals surface area contributed by atoms with Gasteiger partial charge in [-0.1, -0.05) is 0 Å². The Balaban J connectivity index is 1.43. The Labute approximate surface area is 122 Å². The maximum absolute atomic E-state index is 9.98. The minimum absolute atomic E-state index is 0.281. The Bertz CT molecular complexity index is 244. The molecule has 2 rings (SSSR count). The van der Waals surface area contributed by atoms with E-state index < -0.39 is 0 Å². The summed E-state index contributed by atoms with van der Waals surface area (Å²) in [6.07, 6.45) is 0.848. The lowest BCUT2D eigenvalue weighted by atomic mass is 10.3. The average Bonchev–Trinajstić information content (AvgIpc) is 2.49. The summed E-state index contributed by atoms with van der Waals surface area (Å²) in [5.74, 6) is 0. The van der Waals surface area contributed by atoms with Crippen molar-refractivity contribution in [2.45, 2.75) is 12.5 Å². The third-order valence-corrected chi connectivity index (χ3v) is 3.88. The van der Waals surface area contributed by atoms with Crippen LogP contribution in [0, 0.1) is 0 Å². The zero-order chi connectivity index (χ0) is 14.0. The molecule has 2 aliphatic heterocycles. The van der Waals surface area contributed by atoms with Gasteiger partial charge < -0.3 is 19.9 Å². The van der Waals surface area contributed by atoms with Crippen LogP contribution >= 0.6 is 0 Å². The van der Waals surface area contributed by atoms with Crippen LogP contribution < -0.4 is 5.32 Å². The fourth-order valence-electron chi connectivity index (χ4n) is 2.67. The van der Waals surface area contributed by atoms with Crippen LogP contribution in [0.4, 0.5) is 0 Å². The fourth-order valence-corrected chi connectivity index (χ4v) is 2.67. The third-order valence-electron chi connectivity index (χ3n) is 3.88. The van der Waals surface area contributed by atoms with Crippen molar-refractivity contribution in [2.24, 2.45) is 0 Å². The molecule has 6 nitrogen and oxygen atoms in total. The quantitative estimate of drug-likeness (QED) is 0.558. The molecule has 1 atom stereocenters. The predicted octanol–water partition coefficient (Wildman–Crippen LogP) is -1.01. The molecule has 0 spiro atoms. The molecular weight excluding hydrogens is 258 g/mol.